The lowest BCUT2D eigenvalue weighted by atomic mass is 10.1. The van der Waals surface area contributed by atoms with Crippen LogP contribution in [0.25, 0.3) is 0 Å². The molecule has 1 saturated heterocycles. The first-order chi connectivity index (χ1) is 11.1. The van der Waals surface area contributed by atoms with Gasteiger partial charge in [0.1, 0.15) is 0 Å². The van der Waals surface area contributed by atoms with Crippen LogP contribution in [0, 0.1) is 5.92 Å². The fourth-order valence-electron chi connectivity index (χ4n) is 2.91. The lowest BCUT2D eigenvalue weighted by Crippen LogP contribution is -2.40. The molecule has 1 aliphatic heterocycles. The number of aliphatic hydroxyl groups is 1. The predicted molar refractivity (Wildman–Crippen MR) is 92.2 cm³/mol. The fraction of sp³-hybridized carbons (Fsp3) is 0.611. The first-order valence-electron chi connectivity index (χ1n) is 8.48. The van der Waals surface area contributed by atoms with E-state index in [4.69, 9.17) is 5.11 Å². The molecule has 0 radical (unpaired) electrons. The van der Waals surface area contributed by atoms with Gasteiger partial charge in [-0.2, -0.15) is 0 Å². The maximum atomic E-state index is 12.1. The van der Waals surface area contributed by atoms with Gasteiger partial charge in [0.25, 0.3) is 0 Å². The highest BCUT2D eigenvalue weighted by Gasteiger charge is 2.25. The number of hydrogen-bond acceptors (Lipinski definition) is 3. The van der Waals surface area contributed by atoms with E-state index in [1.807, 2.05) is 6.07 Å². The number of nitrogens with zero attached hydrogens (tertiary/aromatic N) is 2. The first kappa shape index (κ1) is 17.8. The Morgan fingerprint density at radius 2 is 2.17 bits per heavy atom. The van der Waals surface area contributed by atoms with Gasteiger partial charge in [-0.1, -0.05) is 30.3 Å². The third-order valence-corrected chi connectivity index (χ3v) is 4.70. The topological polar surface area (TPSA) is 55.8 Å². The summed E-state index contributed by atoms with van der Waals surface area (Å²) < 4.78 is 0. The van der Waals surface area contributed by atoms with Crippen LogP contribution in [0.2, 0.25) is 0 Å². The summed E-state index contributed by atoms with van der Waals surface area (Å²) in [6, 6.07) is 10.8. The fourth-order valence-corrected chi connectivity index (χ4v) is 2.91. The number of likely N-dealkylation sites (tertiary alicyclic amines) is 1. The largest absolute Gasteiger partial charge is 0.396 e. The average molecular weight is 319 g/mol. The van der Waals surface area contributed by atoms with Crippen molar-refractivity contribution < 1.29 is 9.90 Å². The number of carbonyl (C=O) groups is 1. The molecular weight excluding hydrogens is 290 g/mol. The van der Waals surface area contributed by atoms with Crippen molar-refractivity contribution >= 4 is 6.03 Å². The molecule has 0 aromatic heterocycles. The molecule has 5 heteroatoms. The molecule has 2 amide bonds. The van der Waals surface area contributed by atoms with Gasteiger partial charge < -0.3 is 15.3 Å². The summed E-state index contributed by atoms with van der Waals surface area (Å²) in [6.45, 7) is 5.38. The summed E-state index contributed by atoms with van der Waals surface area (Å²) in [4.78, 5) is 16.2. The Morgan fingerprint density at radius 1 is 1.43 bits per heavy atom. The van der Waals surface area contributed by atoms with Gasteiger partial charge in [-0.25, -0.2) is 4.79 Å². The number of hydrogen-bond donors (Lipinski definition) is 2. The predicted octanol–water partition coefficient (Wildman–Crippen LogP) is 1.92. The zero-order valence-corrected chi connectivity index (χ0v) is 14.2. The molecule has 0 bridgehead atoms. The number of amides is 2. The minimum absolute atomic E-state index is 0.00105. The van der Waals surface area contributed by atoms with Gasteiger partial charge in [0.2, 0.25) is 0 Å². The highest BCUT2D eigenvalue weighted by molar-refractivity contribution is 5.74. The van der Waals surface area contributed by atoms with Crippen molar-refractivity contribution in [2.24, 2.45) is 5.92 Å². The van der Waals surface area contributed by atoms with Crippen LogP contribution in [0.1, 0.15) is 25.3 Å². The molecule has 0 spiro atoms. The SMILES string of the molecule is CC(CCNC(=O)N1CCC(CO)C1)N(C)Cc1ccccc1. The lowest BCUT2D eigenvalue weighted by Gasteiger charge is -2.25. The van der Waals surface area contributed by atoms with Crippen LogP contribution < -0.4 is 5.32 Å². The van der Waals surface area contributed by atoms with E-state index in [2.05, 4.69) is 48.5 Å². The van der Waals surface area contributed by atoms with E-state index < -0.39 is 0 Å². The molecule has 2 unspecified atom stereocenters. The van der Waals surface area contributed by atoms with Crippen molar-refractivity contribution in [2.75, 3.05) is 33.3 Å². The third-order valence-electron chi connectivity index (χ3n) is 4.70. The Kier molecular flexibility index (Phi) is 6.86. The molecule has 1 heterocycles. The van der Waals surface area contributed by atoms with Gasteiger partial charge in [-0.05, 0) is 32.4 Å². The standard InChI is InChI=1S/C18H29N3O2/c1-15(20(2)12-16-6-4-3-5-7-16)8-10-19-18(23)21-11-9-17(13-21)14-22/h3-7,15,17,22H,8-14H2,1-2H3,(H,19,23). The Balaban J connectivity index is 1.66. The summed E-state index contributed by atoms with van der Waals surface area (Å²) in [5.41, 5.74) is 1.30. The smallest absolute Gasteiger partial charge is 0.317 e. The lowest BCUT2D eigenvalue weighted by molar-refractivity contribution is 0.195. The Hall–Kier alpha value is -1.59. The Bertz CT molecular complexity index is 480. The van der Waals surface area contributed by atoms with Crippen molar-refractivity contribution in [2.45, 2.75) is 32.4 Å². The summed E-state index contributed by atoms with van der Waals surface area (Å²) in [5, 5.41) is 12.1. The van der Waals surface area contributed by atoms with Gasteiger partial charge >= 0.3 is 6.03 Å². The molecular formula is C18H29N3O2. The third kappa shape index (κ3) is 5.52. The molecule has 1 aliphatic rings. The Labute approximate surface area is 139 Å². The van der Waals surface area contributed by atoms with Crippen LogP contribution in [0.15, 0.2) is 30.3 Å². The molecule has 5 nitrogen and oxygen atoms in total. The van der Waals surface area contributed by atoms with E-state index in [1.165, 1.54) is 5.56 Å². The van der Waals surface area contributed by atoms with Crippen molar-refractivity contribution in [3.8, 4) is 0 Å². The molecule has 0 aliphatic carbocycles. The summed E-state index contributed by atoms with van der Waals surface area (Å²) in [7, 11) is 2.12. The van der Waals surface area contributed by atoms with Crippen molar-refractivity contribution in [3.05, 3.63) is 35.9 Å². The Morgan fingerprint density at radius 3 is 2.83 bits per heavy atom. The number of rotatable bonds is 7. The minimum Gasteiger partial charge on any atom is -0.396 e. The maximum absolute atomic E-state index is 12.1. The summed E-state index contributed by atoms with van der Waals surface area (Å²) in [6.07, 6.45) is 1.83. The molecule has 1 aromatic rings. The maximum Gasteiger partial charge on any atom is 0.317 e. The molecule has 2 N–H and O–H groups in total. The van der Waals surface area contributed by atoms with Crippen molar-refractivity contribution in [1.29, 1.82) is 0 Å². The van der Waals surface area contributed by atoms with Gasteiger partial charge in [0.15, 0.2) is 0 Å². The highest BCUT2D eigenvalue weighted by Crippen LogP contribution is 2.15. The van der Waals surface area contributed by atoms with Crippen LogP contribution in [0.3, 0.4) is 0 Å². The number of urea groups is 1. The number of benzene rings is 1. The molecule has 1 fully saturated rings. The van der Waals surface area contributed by atoms with E-state index in [-0.39, 0.29) is 18.6 Å². The summed E-state index contributed by atoms with van der Waals surface area (Å²) in [5.74, 6) is 0.247. The second-order valence-electron chi connectivity index (χ2n) is 6.55. The second kappa shape index (κ2) is 8.89. The van der Waals surface area contributed by atoms with Gasteiger partial charge in [0, 0.05) is 44.7 Å². The first-order valence-corrected chi connectivity index (χ1v) is 8.48. The van der Waals surface area contributed by atoms with Crippen LogP contribution in [-0.4, -0.2) is 60.3 Å². The quantitative estimate of drug-likeness (QED) is 0.807. The van der Waals surface area contributed by atoms with E-state index in [1.54, 1.807) is 4.90 Å². The van der Waals surface area contributed by atoms with Crippen LogP contribution in [0.4, 0.5) is 4.79 Å². The molecule has 128 valence electrons. The van der Waals surface area contributed by atoms with Gasteiger partial charge in [-0.15, -0.1) is 0 Å². The molecule has 1 aromatic carbocycles. The zero-order chi connectivity index (χ0) is 16.7. The van der Waals surface area contributed by atoms with E-state index in [0.29, 0.717) is 19.1 Å². The molecule has 0 saturated carbocycles. The van der Waals surface area contributed by atoms with E-state index in [0.717, 1.165) is 25.9 Å². The number of nitrogens with one attached hydrogen (secondary N) is 1. The monoisotopic (exact) mass is 319 g/mol. The van der Waals surface area contributed by atoms with Gasteiger partial charge in [-0.3, -0.25) is 4.90 Å². The number of aliphatic hydroxyl groups excluding tert-OH is 1. The highest BCUT2D eigenvalue weighted by atomic mass is 16.3. The van der Waals surface area contributed by atoms with Crippen LogP contribution in [0.5, 0.6) is 0 Å². The normalized spacial score (nSPS) is 19.1. The summed E-state index contributed by atoms with van der Waals surface area (Å²) >= 11 is 0. The zero-order valence-electron chi connectivity index (χ0n) is 14.2. The molecule has 2 atom stereocenters. The van der Waals surface area contributed by atoms with Crippen LogP contribution >= 0.6 is 0 Å². The van der Waals surface area contributed by atoms with E-state index >= 15 is 0 Å². The average Bonchev–Trinajstić information content (AvgIpc) is 3.04. The molecule has 23 heavy (non-hydrogen) atoms. The molecule has 2 rings (SSSR count). The van der Waals surface area contributed by atoms with Crippen molar-refractivity contribution in [1.82, 2.24) is 15.1 Å². The van der Waals surface area contributed by atoms with Crippen molar-refractivity contribution in [3.63, 3.8) is 0 Å². The van der Waals surface area contributed by atoms with Gasteiger partial charge in [0.05, 0.1) is 0 Å². The van der Waals surface area contributed by atoms with E-state index in [9.17, 15) is 4.79 Å². The second-order valence-corrected chi connectivity index (χ2v) is 6.55. The number of carbonyl (C=O) groups excluding carboxylic acids is 1. The minimum atomic E-state index is -0.00105. The van der Waals surface area contributed by atoms with Crippen LogP contribution in [-0.2, 0) is 6.54 Å².